The molecule has 0 bridgehead atoms. The molecule has 0 saturated heterocycles. The van der Waals surface area contributed by atoms with E-state index < -0.39 is 23.3 Å². The lowest BCUT2D eigenvalue weighted by Crippen LogP contribution is -2.13. The highest BCUT2D eigenvalue weighted by molar-refractivity contribution is 6.31. The van der Waals surface area contributed by atoms with Gasteiger partial charge in [-0.1, -0.05) is 11.6 Å². The van der Waals surface area contributed by atoms with Crippen LogP contribution in [0.4, 0.5) is 13.2 Å². The van der Waals surface area contributed by atoms with Crippen LogP contribution in [0.3, 0.4) is 0 Å². The van der Waals surface area contributed by atoms with E-state index in [4.69, 9.17) is 11.6 Å². The number of ether oxygens (including phenoxy) is 1. The standard InChI is InChI=1S/C9H6ClF3O2/c1-15-8(14)6-4-5(10)2-3-7(6)9(11,12)13/h2-4H,1H3. The van der Waals surface area contributed by atoms with Gasteiger partial charge in [-0.3, -0.25) is 0 Å². The Bertz CT molecular complexity index is 387. The van der Waals surface area contributed by atoms with Crippen LogP contribution in [0.15, 0.2) is 18.2 Å². The molecule has 2 nitrogen and oxygen atoms in total. The fraction of sp³-hybridized carbons (Fsp3) is 0.222. The molecule has 6 heteroatoms. The zero-order valence-electron chi connectivity index (χ0n) is 7.56. The van der Waals surface area contributed by atoms with E-state index in [0.717, 1.165) is 25.3 Å². The number of alkyl halides is 3. The van der Waals surface area contributed by atoms with Gasteiger partial charge in [-0.25, -0.2) is 4.79 Å². The van der Waals surface area contributed by atoms with Gasteiger partial charge < -0.3 is 4.74 Å². The first kappa shape index (κ1) is 11.8. The van der Waals surface area contributed by atoms with Gasteiger partial charge in [-0.15, -0.1) is 0 Å². The summed E-state index contributed by atoms with van der Waals surface area (Å²) in [5.41, 5.74) is -1.64. The molecule has 1 aromatic rings. The van der Waals surface area contributed by atoms with Crippen LogP contribution < -0.4 is 0 Å². The molecule has 15 heavy (non-hydrogen) atoms. The molecular formula is C9H6ClF3O2. The van der Waals surface area contributed by atoms with Crippen molar-refractivity contribution in [2.75, 3.05) is 7.11 Å². The summed E-state index contributed by atoms with van der Waals surface area (Å²) in [4.78, 5) is 11.1. The quantitative estimate of drug-likeness (QED) is 0.703. The zero-order valence-corrected chi connectivity index (χ0v) is 8.32. The maximum absolute atomic E-state index is 12.4. The van der Waals surface area contributed by atoms with E-state index in [2.05, 4.69) is 4.74 Å². The number of carbonyl (C=O) groups excluding carboxylic acids is 1. The van der Waals surface area contributed by atoms with Crippen molar-refractivity contribution in [1.82, 2.24) is 0 Å². The van der Waals surface area contributed by atoms with Crippen molar-refractivity contribution in [2.24, 2.45) is 0 Å². The highest BCUT2D eigenvalue weighted by atomic mass is 35.5. The average molecular weight is 239 g/mol. The van der Waals surface area contributed by atoms with Crippen molar-refractivity contribution < 1.29 is 22.7 Å². The Balaban J connectivity index is 3.33. The first-order chi connectivity index (χ1) is 6.86. The number of methoxy groups -OCH3 is 1. The van der Waals surface area contributed by atoms with Gasteiger partial charge in [0.15, 0.2) is 0 Å². The second kappa shape index (κ2) is 4.10. The average Bonchev–Trinajstić information content (AvgIpc) is 2.14. The van der Waals surface area contributed by atoms with Crippen LogP contribution in [0.25, 0.3) is 0 Å². The molecule has 0 aliphatic carbocycles. The van der Waals surface area contributed by atoms with Crippen LogP contribution >= 0.6 is 11.6 Å². The van der Waals surface area contributed by atoms with E-state index in [1.54, 1.807) is 0 Å². The first-order valence-corrected chi connectivity index (χ1v) is 4.19. The fourth-order valence-corrected chi connectivity index (χ4v) is 1.21. The molecule has 0 N–H and O–H groups in total. The van der Waals surface area contributed by atoms with Gasteiger partial charge in [0.1, 0.15) is 0 Å². The third-order valence-electron chi connectivity index (χ3n) is 1.69. The number of benzene rings is 1. The normalized spacial score (nSPS) is 11.3. The molecule has 1 rings (SSSR count). The highest BCUT2D eigenvalue weighted by Crippen LogP contribution is 2.33. The van der Waals surface area contributed by atoms with Crippen molar-refractivity contribution in [2.45, 2.75) is 6.18 Å². The molecule has 0 amide bonds. The Morgan fingerprint density at radius 3 is 2.47 bits per heavy atom. The van der Waals surface area contributed by atoms with E-state index in [1.807, 2.05) is 0 Å². The van der Waals surface area contributed by atoms with Gasteiger partial charge >= 0.3 is 12.1 Å². The molecule has 0 aliphatic heterocycles. The van der Waals surface area contributed by atoms with Crippen molar-refractivity contribution in [3.05, 3.63) is 34.3 Å². The maximum Gasteiger partial charge on any atom is 0.417 e. The number of rotatable bonds is 1. The molecule has 0 fully saturated rings. The summed E-state index contributed by atoms with van der Waals surface area (Å²) in [6.45, 7) is 0. The number of hydrogen-bond acceptors (Lipinski definition) is 2. The van der Waals surface area contributed by atoms with E-state index in [9.17, 15) is 18.0 Å². The minimum atomic E-state index is -4.60. The fourth-order valence-electron chi connectivity index (χ4n) is 1.04. The molecule has 0 saturated carbocycles. The van der Waals surface area contributed by atoms with E-state index in [0.29, 0.717) is 0 Å². The molecule has 0 heterocycles. The molecule has 82 valence electrons. The first-order valence-electron chi connectivity index (χ1n) is 3.81. The monoisotopic (exact) mass is 238 g/mol. The predicted molar refractivity (Wildman–Crippen MR) is 47.8 cm³/mol. The van der Waals surface area contributed by atoms with Crippen LogP contribution in [0.5, 0.6) is 0 Å². The Morgan fingerprint density at radius 2 is 2.00 bits per heavy atom. The number of carbonyl (C=O) groups is 1. The Labute approximate surface area is 88.6 Å². The summed E-state index contributed by atoms with van der Waals surface area (Å²) in [6.07, 6.45) is -4.60. The third-order valence-corrected chi connectivity index (χ3v) is 1.93. The summed E-state index contributed by atoms with van der Waals surface area (Å²) in [5.74, 6) is -1.06. The summed E-state index contributed by atoms with van der Waals surface area (Å²) < 4.78 is 41.5. The summed E-state index contributed by atoms with van der Waals surface area (Å²) >= 11 is 5.49. The Hall–Kier alpha value is -1.23. The van der Waals surface area contributed by atoms with Gasteiger partial charge in [0.2, 0.25) is 0 Å². The molecule has 0 aromatic heterocycles. The van der Waals surface area contributed by atoms with E-state index in [-0.39, 0.29) is 5.02 Å². The topological polar surface area (TPSA) is 26.3 Å². The van der Waals surface area contributed by atoms with Crippen molar-refractivity contribution in [1.29, 1.82) is 0 Å². The smallest absolute Gasteiger partial charge is 0.417 e. The van der Waals surface area contributed by atoms with Crippen LogP contribution in [0, 0.1) is 0 Å². The lowest BCUT2D eigenvalue weighted by Gasteiger charge is -2.11. The molecule has 1 aromatic carbocycles. The van der Waals surface area contributed by atoms with Crippen molar-refractivity contribution in [3.8, 4) is 0 Å². The minimum absolute atomic E-state index is 0.0448. The second-order valence-electron chi connectivity index (χ2n) is 2.68. The van der Waals surface area contributed by atoms with Gasteiger partial charge in [-0.05, 0) is 18.2 Å². The molecule has 0 unspecified atom stereocenters. The molecule has 0 aliphatic rings. The van der Waals surface area contributed by atoms with Crippen LogP contribution in [0.1, 0.15) is 15.9 Å². The molecule has 0 radical (unpaired) electrons. The summed E-state index contributed by atoms with van der Waals surface area (Å²) in [6, 6.07) is 2.74. The molecule has 0 spiro atoms. The van der Waals surface area contributed by atoms with Gasteiger partial charge in [0.25, 0.3) is 0 Å². The van der Waals surface area contributed by atoms with Crippen LogP contribution in [0.2, 0.25) is 5.02 Å². The highest BCUT2D eigenvalue weighted by Gasteiger charge is 2.35. The number of esters is 1. The Kier molecular flexibility index (Phi) is 3.24. The second-order valence-corrected chi connectivity index (χ2v) is 3.12. The largest absolute Gasteiger partial charge is 0.465 e. The summed E-state index contributed by atoms with van der Waals surface area (Å²) in [5, 5.41) is 0.0448. The minimum Gasteiger partial charge on any atom is -0.465 e. The zero-order chi connectivity index (χ0) is 11.6. The number of halogens is 4. The lowest BCUT2D eigenvalue weighted by molar-refractivity contribution is -0.138. The molecular weight excluding hydrogens is 233 g/mol. The third kappa shape index (κ3) is 2.62. The molecule has 0 atom stereocenters. The predicted octanol–water partition coefficient (Wildman–Crippen LogP) is 3.15. The summed E-state index contributed by atoms with van der Waals surface area (Å²) in [7, 11) is 1.00. The van der Waals surface area contributed by atoms with Crippen molar-refractivity contribution >= 4 is 17.6 Å². The SMILES string of the molecule is COC(=O)c1cc(Cl)ccc1C(F)(F)F. The Morgan fingerprint density at radius 1 is 1.40 bits per heavy atom. The van der Waals surface area contributed by atoms with E-state index >= 15 is 0 Å². The van der Waals surface area contributed by atoms with Crippen molar-refractivity contribution in [3.63, 3.8) is 0 Å². The van der Waals surface area contributed by atoms with E-state index in [1.165, 1.54) is 0 Å². The van der Waals surface area contributed by atoms with Gasteiger partial charge in [-0.2, -0.15) is 13.2 Å². The van der Waals surface area contributed by atoms with Crippen LogP contribution in [-0.2, 0) is 10.9 Å². The lowest BCUT2D eigenvalue weighted by atomic mass is 10.1. The van der Waals surface area contributed by atoms with Gasteiger partial charge in [0.05, 0.1) is 18.2 Å². The van der Waals surface area contributed by atoms with Gasteiger partial charge in [0, 0.05) is 5.02 Å². The maximum atomic E-state index is 12.4. The van der Waals surface area contributed by atoms with Crippen LogP contribution in [-0.4, -0.2) is 13.1 Å². The number of hydrogen-bond donors (Lipinski definition) is 0.